The van der Waals surface area contributed by atoms with Crippen LogP contribution < -0.4 is 5.32 Å². The Morgan fingerprint density at radius 2 is 2.04 bits per heavy atom. The normalized spacial score (nSPS) is 19.7. The summed E-state index contributed by atoms with van der Waals surface area (Å²) in [6, 6.07) is 9.99. The number of hydrogen-bond acceptors (Lipinski definition) is 4. The zero-order valence-electron chi connectivity index (χ0n) is 16.2. The smallest absolute Gasteiger partial charge is 0.228 e. The Labute approximate surface area is 159 Å². The number of benzene rings is 1. The molecule has 2 heterocycles. The minimum absolute atomic E-state index is 0.00119. The zero-order valence-corrected chi connectivity index (χ0v) is 16.2. The van der Waals surface area contributed by atoms with Crippen LogP contribution in [-0.2, 0) is 16.0 Å². The molecule has 1 saturated heterocycles. The van der Waals surface area contributed by atoms with Crippen molar-refractivity contribution in [2.75, 3.05) is 19.6 Å². The number of aromatic nitrogens is 1. The second-order valence-electron chi connectivity index (χ2n) is 7.41. The summed E-state index contributed by atoms with van der Waals surface area (Å²) in [5.74, 6) is 0.646. The van der Waals surface area contributed by atoms with Crippen LogP contribution in [0.1, 0.15) is 38.0 Å². The standard InChI is InChI=1S/C21H27N3O3/c1-4-22-20(26)21(10-5-11-24(14-21)16(3)25)13-18-12-19(23-27-18)17-8-6-15(2)7-9-17/h6-9,12H,4-5,10-11,13-14H2,1-3H3,(H,22,26)/t21-/m1/s1. The number of likely N-dealkylation sites (tertiary alicyclic amines) is 1. The summed E-state index contributed by atoms with van der Waals surface area (Å²) in [5.41, 5.74) is 2.25. The molecule has 6 nitrogen and oxygen atoms in total. The highest BCUT2D eigenvalue weighted by Crippen LogP contribution is 2.35. The van der Waals surface area contributed by atoms with Crippen molar-refractivity contribution < 1.29 is 14.1 Å². The predicted octanol–water partition coefficient (Wildman–Crippen LogP) is 2.96. The van der Waals surface area contributed by atoms with Crippen LogP contribution in [0.3, 0.4) is 0 Å². The van der Waals surface area contributed by atoms with E-state index in [0.29, 0.717) is 31.8 Å². The summed E-state index contributed by atoms with van der Waals surface area (Å²) in [4.78, 5) is 26.6. The van der Waals surface area contributed by atoms with Crippen LogP contribution in [0.4, 0.5) is 0 Å². The number of piperidine rings is 1. The first kappa shape index (κ1) is 19.1. The molecule has 3 rings (SSSR count). The number of aryl methyl sites for hydroxylation is 1. The average molecular weight is 369 g/mol. The molecule has 1 fully saturated rings. The molecule has 0 radical (unpaired) electrons. The van der Waals surface area contributed by atoms with Crippen molar-refractivity contribution in [1.82, 2.24) is 15.4 Å². The van der Waals surface area contributed by atoms with E-state index in [4.69, 9.17) is 4.52 Å². The van der Waals surface area contributed by atoms with E-state index < -0.39 is 5.41 Å². The Hall–Kier alpha value is -2.63. The molecule has 6 heteroatoms. The summed E-state index contributed by atoms with van der Waals surface area (Å²) >= 11 is 0. The van der Waals surface area contributed by atoms with E-state index in [1.165, 1.54) is 5.56 Å². The summed E-state index contributed by atoms with van der Waals surface area (Å²) in [5, 5.41) is 7.13. The van der Waals surface area contributed by atoms with Gasteiger partial charge in [-0.05, 0) is 26.7 Å². The first-order valence-electron chi connectivity index (χ1n) is 9.50. The molecular formula is C21H27N3O3. The third-order valence-corrected chi connectivity index (χ3v) is 5.26. The van der Waals surface area contributed by atoms with Crippen LogP contribution in [0.2, 0.25) is 0 Å². The number of rotatable bonds is 5. The molecule has 0 spiro atoms. The maximum atomic E-state index is 12.9. The van der Waals surface area contributed by atoms with Gasteiger partial charge in [0.25, 0.3) is 0 Å². The predicted molar refractivity (Wildman–Crippen MR) is 103 cm³/mol. The Kier molecular flexibility index (Phi) is 5.63. The van der Waals surface area contributed by atoms with Gasteiger partial charge in [0.1, 0.15) is 11.5 Å². The lowest BCUT2D eigenvalue weighted by Gasteiger charge is -2.40. The molecular weight excluding hydrogens is 342 g/mol. The molecule has 1 aromatic heterocycles. The van der Waals surface area contributed by atoms with Crippen molar-refractivity contribution in [2.24, 2.45) is 5.41 Å². The van der Waals surface area contributed by atoms with Gasteiger partial charge in [-0.2, -0.15) is 0 Å². The van der Waals surface area contributed by atoms with Gasteiger partial charge in [0.2, 0.25) is 11.8 Å². The van der Waals surface area contributed by atoms with Crippen LogP contribution in [0.25, 0.3) is 11.3 Å². The van der Waals surface area contributed by atoms with Crippen LogP contribution in [-0.4, -0.2) is 41.5 Å². The Balaban J connectivity index is 1.85. The number of hydrogen-bond donors (Lipinski definition) is 1. The quantitative estimate of drug-likeness (QED) is 0.879. The molecule has 0 unspecified atom stereocenters. The van der Waals surface area contributed by atoms with Crippen molar-refractivity contribution in [1.29, 1.82) is 0 Å². The fourth-order valence-corrected chi connectivity index (χ4v) is 3.75. The molecule has 0 saturated carbocycles. The summed E-state index contributed by atoms with van der Waals surface area (Å²) in [6.07, 6.45) is 1.96. The Bertz CT molecular complexity index is 812. The third-order valence-electron chi connectivity index (χ3n) is 5.26. The minimum atomic E-state index is -0.677. The molecule has 144 valence electrons. The van der Waals surface area contributed by atoms with Gasteiger partial charge in [-0.1, -0.05) is 35.0 Å². The largest absolute Gasteiger partial charge is 0.361 e. The number of nitrogens with zero attached hydrogens (tertiary/aromatic N) is 2. The molecule has 1 aliphatic rings. The lowest BCUT2D eigenvalue weighted by Crippen LogP contribution is -2.54. The summed E-state index contributed by atoms with van der Waals surface area (Å²) in [7, 11) is 0. The van der Waals surface area contributed by atoms with Crippen molar-refractivity contribution in [3.8, 4) is 11.3 Å². The Morgan fingerprint density at radius 1 is 1.30 bits per heavy atom. The molecule has 2 amide bonds. The molecule has 1 aromatic carbocycles. The van der Waals surface area contributed by atoms with E-state index in [9.17, 15) is 9.59 Å². The number of nitrogens with one attached hydrogen (secondary N) is 1. The van der Waals surface area contributed by atoms with Gasteiger partial charge >= 0.3 is 0 Å². The van der Waals surface area contributed by atoms with Gasteiger partial charge in [-0.15, -0.1) is 0 Å². The Morgan fingerprint density at radius 3 is 2.70 bits per heavy atom. The van der Waals surface area contributed by atoms with Crippen molar-refractivity contribution in [2.45, 2.75) is 40.0 Å². The van der Waals surface area contributed by atoms with Crippen LogP contribution in [0, 0.1) is 12.3 Å². The third kappa shape index (κ3) is 4.21. The zero-order chi connectivity index (χ0) is 19.4. The number of carbonyl (C=O) groups excluding carboxylic acids is 2. The highest BCUT2D eigenvalue weighted by atomic mass is 16.5. The summed E-state index contributed by atoms with van der Waals surface area (Å²) < 4.78 is 5.57. The van der Waals surface area contributed by atoms with Crippen LogP contribution in [0.5, 0.6) is 0 Å². The van der Waals surface area contributed by atoms with Crippen molar-refractivity contribution >= 4 is 11.8 Å². The van der Waals surface area contributed by atoms with Gasteiger partial charge in [-0.25, -0.2) is 0 Å². The van der Waals surface area contributed by atoms with E-state index in [1.807, 2.05) is 44.2 Å². The lowest BCUT2D eigenvalue weighted by atomic mass is 9.75. The maximum absolute atomic E-state index is 12.9. The average Bonchev–Trinajstić information content (AvgIpc) is 3.11. The fraction of sp³-hybridized carbons (Fsp3) is 0.476. The van der Waals surface area contributed by atoms with E-state index in [0.717, 1.165) is 24.1 Å². The second kappa shape index (κ2) is 7.94. The molecule has 1 atom stereocenters. The molecule has 2 aromatic rings. The van der Waals surface area contributed by atoms with Crippen LogP contribution in [0.15, 0.2) is 34.9 Å². The van der Waals surface area contributed by atoms with Gasteiger partial charge < -0.3 is 14.7 Å². The van der Waals surface area contributed by atoms with Gasteiger partial charge in [0.05, 0.1) is 5.41 Å². The van der Waals surface area contributed by atoms with E-state index in [2.05, 4.69) is 10.5 Å². The van der Waals surface area contributed by atoms with Gasteiger partial charge in [-0.3, -0.25) is 9.59 Å². The number of carbonyl (C=O) groups is 2. The highest BCUT2D eigenvalue weighted by Gasteiger charge is 2.43. The van der Waals surface area contributed by atoms with E-state index >= 15 is 0 Å². The van der Waals surface area contributed by atoms with E-state index in [1.54, 1.807) is 11.8 Å². The molecule has 0 aliphatic carbocycles. The summed E-state index contributed by atoms with van der Waals surface area (Å²) in [6.45, 7) is 7.17. The van der Waals surface area contributed by atoms with Crippen LogP contribution >= 0.6 is 0 Å². The van der Waals surface area contributed by atoms with Gasteiger partial charge in [0, 0.05) is 44.6 Å². The van der Waals surface area contributed by atoms with Gasteiger partial charge in [0.15, 0.2) is 0 Å². The number of amides is 2. The SMILES string of the molecule is CCNC(=O)[C@@]1(Cc2cc(-c3ccc(C)cc3)no2)CCCN(C(C)=O)C1. The lowest BCUT2D eigenvalue weighted by molar-refractivity contribution is -0.140. The monoisotopic (exact) mass is 369 g/mol. The first-order chi connectivity index (χ1) is 12.9. The van der Waals surface area contributed by atoms with Crippen molar-refractivity contribution in [3.05, 3.63) is 41.7 Å². The van der Waals surface area contributed by atoms with Crippen molar-refractivity contribution in [3.63, 3.8) is 0 Å². The molecule has 1 aliphatic heterocycles. The minimum Gasteiger partial charge on any atom is -0.361 e. The molecule has 0 bridgehead atoms. The second-order valence-corrected chi connectivity index (χ2v) is 7.41. The molecule has 1 N–H and O–H groups in total. The maximum Gasteiger partial charge on any atom is 0.228 e. The first-order valence-corrected chi connectivity index (χ1v) is 9.50. The van der Waals surface area contributed by atoms with E-state index in [-0.39, 0.29) is 11.8 Å². The fourth-order valence-electron chi connectivity index (χ4n) is 3.75. The molecule has 27 heavy (non-hydrogen) atoms. The highest BCUT2D eigenvalue weighted by molar-refractivity contribution is 5.84. The topological polar surface area (TPSA) is 75.4 Å².